The number of hydrogen-bond acceptors (Lipinski definition) is 7. The molecular formula is C13H20N6O. The molecule has 2 heterocycles. The molecule has 0 saturated heterocycles. The van der Waals surface area contributed by atoms with Crippen LogP contribution in [0.15, 0.2) is 10.6 Å². The van der Waals surface area contributed by atoms with Crippen LogP contribution in [0.25, 0.3) is 0 Å². The Kier molecular flexibility index (Phi) is 4.49. The van der Waals surface area contributed by atoms with Crippen molar-refractivity contribution in [3.63, 3.8) is 0 Å². The summed E-state index contributed by atoms with van der Waals surface area (Å²) in [5.74, 6) is 3.80. The topological polar surface area (TPSA) is 88.8 Å². The van der Waals surface area contributed by atoms with Crippen LogP contribution in [0, 0.1) is 6.92 Å². The molecule has 0 aromatic carbocycles. The van der Waals surface area contributed by atoms with Crippen LogP contribution in [0.4, 0.5) is 11.6 Å². The monoisotopic (exact) mass is 276 g/mol. The molecule has 2 N–H and O–H groups in total. The van der Waals surface area contributed by atoms with Crippen LogP contribution in [0.1, 0.15) is 44.2 Å². The second kappa shape index (κ2) is 6.31. The summed E-state index contributed by atoms with van der Waals surface area (Å²) in [7, 11) is 0. The summed E-state index contributed by atoms with van der Waals surface area (Å²) in [6, 6.07) is 1.88. The average Bonchev–Trinajstić information content (AvgIpc) is 2.82. The lowest BCUT2D eigenvalue weighted by atomic mass is 10.2. The maximum Gasteiger partial charge on any atom is 0.223 e. The normalized spacial score (nSPS) is 10.8. The van der Waals surface area contributed by atoms with Crippen LogP contribution >= 0.6 is 0 Å². The molecular weight excluding hydrogens is 256 g/mol. The molecule has 0 radical (unpaired) electrons. The lowest BCUT2D eigenvalue weighted by Gasteiger charge is -2.11. The van der Waals surface area contributed by atoms with E-state index < -0.39 is 0 Å². The number of anilines is 2. The Morgan fingerprint density at radius 2 is 1.85 bits per heavy atom. The molecule has 0 aliphatic rings. The van der Waals surface area contributed by atoms with Crippen LogP contribution < -0.4 is 10.6 Å². The molecule has 7 nitrogen and oxygen atoms in total. The highest BCUT2D eigenvalue weighted by atomic mass is 16.5. The van der Waals surface area contributed by atoms with Crippen molar-refractivity contribution < 1.29 is 4.52 Å². The summed E-state index contributed by atoms with van der Waals surface area (Å²) in [5.41, 5.74) is 0. The van der Waals surface area contributed by atoms with Gasteiger partial charge in [-0.2, -0.15) is 4.98 Å². The van der Waals surface area contributed by atoms with Gasteiger partial charge in [0.2, 0.25) is 5.89 Å². The van der Waals surface area contributed by atoms with E-state index in [1.807, 2.05) is 13.0 Å². The predicted octanol–water partition coefficient (Wildman–Crippen LogP) is 2.34. The molecule has 2 aromatic rings. The maximum atomic E-state index is 4.93. The lowest BCUT2D eigenvalue weighted by molar-refractivity contribution is 0.388. The van der Waals surface area contributed by atoms with E-state index in [4.69, 9.17) is 4.52 Å². The summed E-state index contributed by atoms with van der Waals surface area (Å²) in [4.78, 5) is 13.1. The van der Waals surface area contributed by atoms with Gasteiger partial charge in [-0.3, -0.25) is 0 Å². The van der Waals surface area contributed by atoms with Crippen LogP contribution in [-0.4, -0.2) is 26.7 Å². The van der Waals surface area contributed by atoms with Gasteiger partial charge in [-0.1, -0.05) is 19.0 Å². The minimum atomic E-state index is 0.265. The molecule has 0 fully saturated rings. The van der Waals surface area contributed by atoms with Gasteiger partial charge in [-0.25, -0.2) is 9.97 Å². The number of nitrogens with one attached hydrogen (secondary N) is 2. The number of aryl methyl sites for hydroxylation is 1. The SMILES string of the molecule is CCNc1cc(NCc2noc(C)n2)nc(C(C)C)n1. The number of rotatable bonds is 6. The lowest BCUT2D eigenvalue weighted by Crippen LogP contribution is -2.09. The molecule has 0 unspecified atom stereocenters. The Morgan fingerprint density at radius 1 is 1.15 bits per heavy atom. The maximum absolute atomic E-state index is 4.93. The Balaban J connectivity index is 2.13. The highest BCUT2D eigenvalue weighted by Gasteiger charge is 2.09. The summed E-state index contributed by atoms with van der Waals surface area (Å²) < 4.78 is 4.93. The minimum absolute atomic E-state index is 0.265. The van der Waals surface area contributed by atoms with Gasteiger partial charge in [0.15, 0.2) is 5.82 Å². The van der Waals surface area contributed by atoms with E-state index in [1.54, 1.807) is 6.92 Å². The zero-order valence-electron chi connectivity index (χ0n) is 12.3. The van der Waals surface area contributed by atoms with Crippen LogP contribution in [0.3, 0.4) is 0 Å². The van der Waals surface area contributed by atoms with Crippen molar-refractivity contribution in [2.45, 2.75) is 40.2 Å². The first-order valence-electron chi connectivity index (χ1n) is 6.74. The first-order chi connectivity index (χ1) is 9.58. The number of aromatic nitrogens is 4. The average molecular weight is 276 g/mol. The molecule has 2 rings (SSSR count). The summed E-state index contributed by atoms with van der Waals surface area (Å²) in [6.45, 7) is 9.22. The third-order valence-corrected chi connectivity index (χ3v) is 2.61. The molecule has 108 valence electrons. The quantitative estimate of drug-likeness (QED) is 0.837. The van der Waals surface area contributed by atoms with Crippen molar-refractivity contribution in [1.29, 1.82) is 0 Å². The third-order valence-electron chi connectivity index (χ3n) is 2.61. The number of nitrogens with zero attached hydrogens (tertiary/aromatic N) is 4. The molecule has 0 saturated carbocycles. The van der Waals surface area contributed by atoms with Crippen molar-refractivity contribution in [2.75, 3.05) is 17.2 Å². The van der Waals surface area contributed by atoms with Gasteiger partial charge in [0.05, 0.1) is 6.54 Å². The van der Waals surface area contributed by atoms with Gasteiger partial charge in [0.25, 0.3) is 0 Å². The Hall–Kier alpha value is -2.18. The molecule has 2 aromatic heterocycles. The molecule has 7 heteroatoms. The molecule has 0 bridgehead atoms. The Labute approximate surface area is 118 Å². The minimum Gasteiger partial charge on any atom is -0.370 e. The zero-order chi connectivity index (χ0) is 14.5. The Bertz CT molecular complexity index is 566. The van der Waals surface area contributed by atoms with Gasteiger partial charge in [-0.05, 0) is 6.92 Å². The fourth-order valence-electron chi connectivity index (χ4n) is 1.67. The standard InChI is InChI=1S/C13H20N6O/c1-5-14-10-6-11(18-13(17-10)8(2)3)15-7-12-16-9(4)20-19-12/h6,8H,5,7H2,1-4H3,(H2,14,15,17,18). The van der Waals surface area contributed by atoms with Gasteiger partial charge in [0.1, 0.15) is 17.5 Å². The van der Waals surface area contributed by atoms with Crippen molar-refractivity contribution in [3.8, 4) is 0 Å². The zero-order valence-corrected chi connectivity index (χ0v) is 12.3. The second-order valence-corrected chi connectivity index (χ2v) is 4.76. The fraction of sp³-hybridized carbons (Fsp3) is 0.538. The van der Waals surface area contributed by atoms with Gasteiger partial charge < -0.3 is 15.2 Å². The van der Waals surface area contributed by atoms with Crippen LogP contribution in [0.2, 0.25) is 0 Å². The molecule has 0 aliphatic carbocycles. The van der Waals surface area contributed by atoms with E-state index in [1.165, 1.54) is 0 Å². The van der Waals surface area contributed by atoms with E-state index in [0.29, 0.717) is 18.3 Å². The van der Waals surface area contributed by atoms with Crippen molar-refractivity contribution >= 4 is 11.6 Å². The largest absolute Gasteiger partial charge is 0.370 e. The van der Waals surface area contributed by atoms with Crippen LogP contribution in [-0.2, 0) is 6.54 Å². The molecule has 0 spiro atoms. The van der Waals surface area contributed by atoms with Crippen molar-refractivity contribution in [2.24, 2.45) is 0 Å². The van der Waals surface area contributed by atoms with E-state index >= 15 is 0 Å². The van der Waals surface area contributed by atoms with E-state index in [-0.39, 0.29) is 5.92 Å². The highest BCUT2D eigenvalue weighted by molar-refractivity contribution is 5.47. The van der Waals surface area contributed by atoms with Crippen LogP contribution in [0.5, 0.6) is 0 Å². The Morgan fingerprint density at radius 3 is 2.40 bits per heavy atom. The van der Waals surface area contributed by atoms with Crippen molar-refractivity contribution in [3.05, 3.63) is 23.6 Å². The van der Waals surface area contributed by atoms with E-state index in [2.05, 4.69) is 44.6 Å². The fourth-order valence-corrected chi connectivity index (χ4v) is 1.67. The van der Waals surface area contributed by atoms with Crippen molar-refractivity contribution in [1.82, 2.24) is 20.1 Å². The molecule has 0 atom stereocenters. The first kappa shape index (κ1) is 14.2. The second-order valence-electron chi connectivity index (χ2n) is 4.76. The van der Waals surface area contributed by atoms with E-state index in [0.717, 1.165) is 24.0 Å². The predicted molar refractivity (Wildman–Crippen MR) is 76.6 cm³/mol. The smallest absolute Gasteiger partial charge is 0.223 e. The summed E-state index contributed by atoms with van der Waals surface area (Å²) >= 11 is 0. The van der Waals surface area contributed by atoms with Gasteiger partial charge in [-0.15, -0.1) is 0 Å². The molecule has 0 aliphatic heterocycles. The third kappa shape index (κ3) is 3.66. The summed E-state index contributed by atoms with van der Waals surface area (Å²) in [5, 5.41) is 10.2. The first-order valence-corrected chi connectivity index (χ1v) is 6.74. The highest BCUT2D eigenvalue weighted by Crippen LogP contribution is 2.17. The molecule has 0 amide bonds. The van der Waals surface area contributed by atoms with E-state index in [9.17, 15) is 0 Å². The van der Waals surface area contributed by atoms with Gasteiger partial charge >= 0.3 is 0 Å². The number of hydrogen-bond donors (Lipinski definition) is 2. The summed E-state index contributed by atoms with van der Waals surface area (Å²) in [6.07, 6.45) is 0. The molecule has 20 heavy (non-hydrogen) atoms. The van der Waals surface area contributed by atoms with Gasteiger partial charge in [0, 0.05) is 25.5 Å².